The molecule has 4 rings (SSSR count). The highest BCUT2D eigenvalue weighted by Gasteiger charge is 2.33. The molecule has 2 aliphatic rings. The number of amides is 2. The molecular weight excluding hydrogens is 437 g/mol. The maximum absolute atomic E-state index is 12.8. The Kier molecular flexibility index (Phi) is 5.65. The van der Waals surface area contributed by atoms with Crippen LogP contribution in [0.3, 0.4) is 0 Å². The van der Waals surface area contributed by atoms with Crippen molar-refractivity contribution in [3.63, 3.8) is 0 Å². The molecule has 2 aliphatic heterocycles. The molecule has 3 heterocycles. The summed E-state index contributed by atoms with van der Waals surface area (Å²) in [5, 5.41) is 5.45. The van der Waals surface area contributed by atoms with Crippen molar-refractivity contribution in [2.24, 2.45) is 5.92 Å². The quantitative estimate of drug-likeness (QED) is 0.734. The lowest BCUT2D eigenvalue weighted by molar-refractivity contribution is -0.137. The minimum absolute atomic E-state index is 0.0465. The van der Waals surface area contributed by atoms with Gasteiger partial charge in [0.2, 0.25) is 5.91 Å². The highest BCUT2D eigenvalue weighted by Crippen LogP contribution is 2.35. The zero-order chi connectivity index (χ0) is 22.2. The molecule has 11 heteroatoms. The van der Waals surface area contributed by atoms with Crippen molar-refractivity contribution >= 4 is 40.6 Å². The fraction of sp³-hybridized carbons (Fsp3) is 0.350. The molecule has 0 spiro atoms. The number of ether oxygens (including phenoxy) is 1. The Morgan fingerprint density at radius 3 is 2.68 bits per heavy atom. The third-order valence-electron chi connectivity index (χ3n) is 5.19. The topological polar surface area (TPSA) is 83.6 Å². The number of aromatic nitrogens is 1. The van der Waals surface area contributed by atoms with Crippen LogP contribution in [0.5, 0.6) is 5.75 Å². The van der Waals surface area contributed by atoms with Crippen molar-refractivity contribution in [3.8, 4) is 5.75 Å². The van der Waals surface area contributed by atoms with Crippen LogP contribution in [0.4, 0.5) is 30.4 Å². The molecule has 0 bridgehead atoms. The van der Waals surface area contributed by atoms with Gasteiger partial charge in [0, 0.05) is 30.9 Å². The Balaban J connectivity index is 1.36. The van der Waals surface area contributed by atoms with Crippen LogP contribution in [0.15, 0.2) is 30.5 Å². The second-order valence-electron chi connectivity index (χ2n) is 7.33. The first-order valence-corrected chi connectivity index (χ1v) is 9.94. The van der Waals surface area contributed by atoms with E-state index in [4.69, 9.17) is 16.3 Å². The van der Waals surface area contributed by atoms with E-state index in [-0.39, 0.29) is 35.2 Å². The summed E-state index contributed by atoms with van der Waals surface area (Å²) >= 11 is 6.02. The fourth-order valence-electron chi connectivity index (χ4n) is 3.58. The molecule has 2 N–H and O–H groups in total. The average Bonchev–Trinajstić information content (AvgIpc) is 2.73. The molecule has 0 radical (unpaired) electrons. The van der Waals surface area contributed by atoms with E-state index in [0.717, 1.165) is 12.3 Å². The zero-order valence-corrected chi connectivity index (χ0v) is 16.9. The number of fused-ring (bicyclic) bond motifs is 1. The van der Waals surface area contributed by atoms with E-state index < -0.39 is 11.7 Å². The van der Waals surface area contributed by atoms with E-state index in [2.05, 4.69) is 15.6 Å². The molecule has 2 amide bonds. The average molecular weight is 455 g/mol. The smallest absolute Gasteiger partial charge is 0.417 e. The first-order valence-electron chi connectivity index (χ1n) is 9.56. The SMILES string of the molecule is O=C1COc2ccc(NC(=O)C3CCN(c4ncc(C(F)(F)F)cc4Cl)CC3)cc2N1. The van der Waals surface area contributed by atoms with Gasteiger partial charge in [-0.25, -0.2) is 4.98 Å². The van der Waals surface area contributed by atoms with Crippen LogP contribution in [0.2, 0.25) is 5.02 Å². The van der Waals surface area contributed by atoms with Crippen LogP contribution in [0.1, 0.15) is 18.4 Å². The van der Waals surface area contributed by atoms with Gasteiger partial charge in [-0.2, -0.15) is 13.2 Å². The van der Waals surface area contributed by atoms with E-state index in [1.165, 1.54) is 0 Å². The molecule has 0 aliphatic carbocycles. The zero-order valence-electron chi connectivity index (χ0n) is 16.1. The van der Waals surface area contributed by atoms with Crippen LogP contribution in [-0.4, -0.2) is 36.5 Å². The molecule has 1 aromatic carbocycles. The first kappa shape index (κ1) is 21.2. The fourth-order valence-corrected chi connectivity index (χ4v) is 3.86. The highest BCUT2D eigenvalue weighted by atomic mass is 35.5. The van der Waals surface area contributed by atoms with E-state index in [9.17, 15) is 22.8 Å². The molecule has 0 atom stereocenters. The summed E-state index contributed by atoms with van der Waals surface area (Å²) in [4.78, 5) is 29.8. The van der Waals surface area contributed by atoms with Gasteiger partial charge in [-0.05, 0) is 37.1 Å². The summed E-state index contributed by atoms with van der Waals surface area (Å²) in [5.74, 6) is 0.102. The second-order valence-corrected chi connectivity index (χ2v) is 7.73. The van der Waals surface area contributed by atoms with Crippen molar-refractivity contribution in [1.82, 2.24) is 4.98 Å². The van der Waals surface area contributed by atoms with E-state index in [0.29, 0.717) is 43.1 Å². The predicted molar refractivity (Wildman–Crippen MR) is 108 cm³/mol. The van der Waals surface area contributed by atoms with Crippen molar-refractivity contribution in [2.75, 3.05) is 35.2 Å². The van der Waals surface area contributed by atoms with Crippen LogP contribution in [0.25, 0.3) is 0 Å². The number of carbonyl (C=O) groups excluding carboxylic acids is 2. The van der Waals surface area contributed by atoms with E-state index >= 15 is 0 Å². The normalized spacial score (nSPS) is 16.9. The first-order chi connectivity index (χ1) is 14.7. The minimum atomic E-state index is -4.51. The number of piperidine rings is 1. The Morgan fingerprint density at radius 1 is 1.26 bits per heavy atom. The molecule has 7 nitrogen and oxygen atoms in total. The van der Waals surface area contributed by atoms with E-state index in [1.807, 2.05) is 0 Å². The Labute approximate surface area is 180 Å². The minimum Gasteiger partial charge on any atom is -0.482 e. The lowest BCUT2D eigenvalue weighted by Crippen LogP contribution is -2.38. The largest absolute Gasteiger partial charge is 0.482 e. The number of hydrogen-bond donors (Lipinski definition) is 2. The Hall–Kier alpha value is -3.01. The molecule has 1 fully saturated rings. The molecule has 0 saturated carbocycles. The van der Waals surface area contributed by atoms with Gasteiger partial charge in [0.1, 0.15) is 11.6 Å². The Morgan fingerprint density at radius 2 is 2.00 bits per heavy atom. The van der Waals surface area contributed by atoms with Crippen LogP contribution < -0.4 is 20.3 Å². The van der Waals surface area contributed by atoms with E-state index in [1.54, 1.807) is 23.1 Å². The number of anilines is 3. The van der Waals surface area contributed by atoms with Crippen molar-refractivity contribution < 1.29 is 27.5 Å². The van der Waals surface area contributed by atoms with Crippen molar-refractivity contribution in [1.29, 1.82) is 0 Å². The lowest BCUT2D eigenvalue weighted by Gasteiger charge is -2.32. The van der Waals surface area contributed by atoms with Crippen molar-refractivity contribution in [2.45, 2.75) is 19.0 Å². The summed E-state index contributed by atoms with van der Waals surface area (Å²) in [6.45, 7) is 0.823. The van der Waals surface area contributed by atoms with Crippen molar-refractivity contribution in [3.05, 3.63) is 41.0 Å². The maximum atomic E-state index is 12.8. The molecule has 2 aromatic rings. The predicted octanol–water partition coefficient (Wildman–Crippen LogP) is 3.94. The van der Waals surface area contributed by atoms with Gasteiger partial charge in [-0.3, -0.25) is 9.59 Å². The second kappa shape index (κ2) is 8.26. The molecule has 31 heavy (non-hydrogen) atoms. The summed E-state index contributed by atoms with van der Waals surface area (Å²) in [5.41, 5.74) is 0.124. The van der Waals surface area contributed by atoms with Gasteiger partial charge in [-0.15, -0.1) is 0 Å². The lowest BCUT2D eigenvalue weighted by atomic mass is 9.95. The summed E-state index contributed by atoms with van der Waals surface area (Å²) < 4.78 is 43.7. The van der Waals surface area contributed by atoms with Gasteiger partial charge in [-0.1, -0.05) is 11.6 Å². The number of pyridine rings is 1. The molecule has 1 aromatic heterocycles. The van der Waals surface area contributed by atoms with Gasteiger partial charge in [0.15, 0.2) is 6.61 Å². The number of nitrogens with one attached hydrogen (secondary N) is 2. The summed E-state index contributed by atoms with van der Waals surface area (Å²) in [6.07, 6.45) is -2.75. The Bertz CT molecular complexity index is 1020. The molecule has 164 valence electrons. The van der Waals surface area contributed by atoms with Gasteiger partial charge in [0.05, 0.1) is 16.3 Å². The molecule has 0 unspecified atom stereocenters. The number of carbonyl (C=O) groups is 2. The number of nitrogens with zero attached hydrogens (tertiary/aromatic N) is 2. The third kappa shape index (κ3) is 4.68. The number of rotatable bonds is 3. The monoisotopic (exact) mass is 454 g/mol. The standard InChI is InChI=1S/C20H18ClF3N4O3/c21-14-7-12(20(22,23)24)9-25-18(14)28-5-3-11(4-6-28)19(30)26-13-1-2-16-15(8-13)27-17(29)10-31-16/h1-2,7-9,11H,3-6,10H2,(H,26,30)(H,27,29). The molecule has 1 saturated heterocycles. The molecular formula is C20H18ClF3N4O3. The number of hydrogen-bond acceptors (Lipinski definition) is 5. The third-order valence-corrected chi connectivity index (χ3v) is 5.47. The van der Waals surface area contributed by atoms with Crippen LogP contribution in [-0.2, 0) is 15.8 Å². The van der Waals surface area contributed by atoms with Gasteiger partial charge < -0.3 is 20.3 Å². The highest BCUT2D eigenvalue weighted by molar-refractivity contribution is 6.33. The summed E-state index contributed by atoms with van der Waals surface area (Å²) in [6, 6.07) is 5.85. The number of halogens is 4. The van der Waals surface area contributed by atoms with Gasteiger partial charge in [0.25, 0.3) is 5.91 Å². The van der Waals surface area contributed by atoms with Gasteiger partial charge >= 0.3 is 6.18 Å². The number of alkyl halides is 3. The maximum Gasteiger partial charge on any atom is 0.417 e. The number of benzene rings is 1. The van der Waals surface area contributed by atoms with Crippen LogP contribution >= 0.6 is 11.6 Å². The van der Waals surface area contributed by atoms with Crippen LogP contribution in [0, 0.1) is 5.92 Å². The summed E-state index contributed by atoms with van der Waals surface area (Å²) in [7, 11) is 0.